The number of carbonyl (C=O) groups is 1. The molecule has 0 aliphatic carbocycles. The van der Waals surface area contributed by atoms with E-state index in [1.165, 1.54) is 36.4 Å². The van der Waals surface area contributed by atoms with Gasteiger partial charge in [-0.1, -0.05) is 42.5 Å². The van der Waals surface area contributed by atoms with E-state index in [-0.39, 0.29) is 28.6 Å². The molecule has 1 amide bonds. The Hall–Kier alpha value is -4.86. The summed E-state index contributed by atoms with van der Waals surface area (Å²) >= 11 is 0. The molecular weight excluding hydrogens is 416 g/mol. The van der Waals surface area contributed by atoms with Crippen LogP contribution in [0.15, 0.2) is 83.5 Å². The number of amides is 1. The zero-order chi connectivity index (χ0) is 22.8. The number of carbonyl (C=O) groups excluding carboxylic acids is 1. The maximum Gasteiger partial charge on any atom is 0.282 e. The molecule has 0 fully saturated rings. The van der Waals surface area contributed by atoms with Gasteiger partial charge in [0.2, 0.25) is 0 Å². The van der Waals surface area contributed by atoms with E-state index in [1.54, 1.807) is 36.4 Å². The normalized spacial score (nSPS) is 14.5. The molecular formula is C22H14N4O6. The second-order valence-electron chi connectivity index (χ2n) is 6.75. The molecule has 0 bridgehead atoms. The van der Waals surface area contributed by atoms with Crippen molar-refractivity contribution in [1.29, 1.82) is 0 Å². The third-order valence-corrected chi connectivity index (χ3v) is 4.69. The third kappa shape index (κ3) is 3.79. The molecule has 0 unspecified atom stereocenters. The topological polar surface area (TPSA) is 139 Å². The molecule has 0 radical (unpaired) electrons. The van der Waals surface area contributed by atoms with Gasteiger partial charge in [0.1, 0.15) is 17.3 Å². The second kappa shape index (κ2) is 8.11. The number of aromatic hydroxyl groups is 1. The van der Waals surface area contributed by atoms with Crippen molar-refractivity contribution in [1.82, 2.24) is 0 Å². The van der Waals surface area contributed by atoms with Crippen LogP contribution in [0.4, 0.5) is 17.1 Å². The molecule has 10 nitrogen and oxygen atoms in total. The highest BCUT2D eigenvalue weighted by molar-refractivity contribution is 6.33. The highest BCUT2D eigenvalue weighted by Crippen LogP contribution is 2.36. The fourth-order valence-corrected chi connectivity index (χ4v) is 3.22. The Kier molecular flexibility index (Phi) is 5.17. The first kappa shape index (κ1) is 20.4. The summed E-state index contributed by atoms with van der Waals surface area (Å²) in [6.45, 7) is 0. The average molecular weight is 430 g/mol. The van der Waals surface area contributed by atoms with E-state index in [0.717, 1.165) is 11.0 Å². The Labute approximate surface area is 180 Å². The molecule has 4 rings (SSSR count). The highest BCUT2D eigenvalue weighted by atomic mass is 16.6. The van der Waals surface area contributed by atoms with Crippen molar-refractivity contribution in [2.24, 2.45) is 4.99 Å². The summed E-state index contributed by atoms with van der Waals surface area (Å²) in [6.07, 6.45) is 1.40. The van der Waals surface area contributed by atoms with Crippen molar-refractivity contribution in [2.45, 2.75) is 0 Å². The van der Waals surface area contributed by atoms with E-state index in [9.17, 15) is 30.1 Å². The molecule has 0 atom stereocenters. The summed E-state index contributed by atoms with van der Waals surface area (Å²) in [6, 6.07) is 17.8. The van der Waals surface area contributed by atoms with Crippen LogP contribution in [0, 0.1) is 20.2 Å². The smallest absolute Gasteiger partial charge is 0.282 e. The number of nitro groups is 2. The van der Waals surface area contributed by atoms with Gasteiger partial charge in [0.15, 0.2) is 0 Å². The second-order valence-corrected chi connectivity index (χ2v) is 6.75. The number of nitrogens with zero attached hydrogens (tertiary/aromatic N) is 4. The largest absolute Gasteiger partial charge is 0.505 e. The number of amidine groups is 1. The lowest BCUT2D eigenvalue weighted by molar-refractivity contribution is -0.385. The third-order valence-electron chi connectivity index (χ3n) is 4.69. The van der Waals surface area contributed by atoms with Crippen LogP contribution >= 0.6 is 0 Å². The van der Waals surface area contributed by atoms with Gasteiger partial charge in [-0.05, 0) is 17.7 Å². The Bertz CT molecular complexity index is 1320. The quantitative estimate of drug-likeness (QED) is 0.368. The summed E-state index contributed by atoms with van der Waals surface area (Å²) in [5, 5.41) is 32.5. The van der Waals surface area contributed by atoms with Crippen molar-refractivity contribution in [3.05, 3.63) is 110 Å². The first-order valence-electron chi connectivity index (χ1n) is 9.27. The fourth-order valence-electron chi connectivity index (χ4n) is 3.22. The van der Waals surface area contributed by atoms with Gasteiger partial charge >= 0.3 is 0 Å². The van der Waals surface area contributed by atoms with Gasteiger partial charge in [0.05, 0.1) is 21.6 Å². The van der Waals surface area contributed by atoms with Crippen LogP contribution in [0.25, 0.3) is 6.08 Å². The number of benzene rings is 3. The van der Waals surface area contributed by atoms with Crippen LogP contribution in [0.1, 0.15) is 11.1 Å². The van der Waals surface area contributed by atoms with Gasteiger partial charge in [-0.2, -0.15) is 0 Å². The van der Waals surface area contributed by atoms with Gasteiger partial charge < -0.3 is 5.11 Å². The standard InChI is InChI=1S/C22H14N4O6/c27-20-13-17(26(31)32)9-10-19(20)24-21(15-6-2-1-3-7-15)23-18(22(24)28)12-14-5-4-8-16(11-14)25(29)30/h1-13,27H. The monoisotopic (exact) mass is 430 g/mol. The van der Waals surface area contributed by atoms with Crippen LogP contribution < -0.4 is 4.90 Å². The van der Waals surface area contributed by atoms with E-state index in [1.807, 2.05) is 0 Å². The predicted molar refractivity (Wildman–Crippen MR) is 116 cm³/mol. The summed E-state index contributed by atoms with van der Waals surface area (Å²) in [5.41, 5.74) is 0.507. The molecule has 32 heavy (non-hydrogen) atoms. The molecule has 0 spiro atoms. The van der Waals surface area contributed by atoms with Gasteiger partial charge in [-0.15, -0.1) is 0 Å². The van der Waals surface area contributed by atoms with Gasteiger partial charge in [0, 0.05) is 23.8 Å². The Balaban J connectivity index is 1.83. The summed E-state index contributed by atoms with van der Waals surface area (Å²) < 4.78 is 0. The molecule has 0 aromatic heterocycles. The minimum Gasteiger partial charge on any atom is -0.505 e. The molecule has 1 N–H and O–H groups in total. The molecule has 1 heterocycles. The number of aliphatic imine (C=N–C) groups is 1. The molecule has 3 aromatic carbocycles. The summed E-state index contributed by atoms with van der Waals surface area (Å²) in [4.78, 5) is 39.7. The predicted octanol–water partition coefficient (Wildman–Crippen LogP) is 4.04. The van der Waals surface area contributed by atoms with Crippen LogP contribution in [-0.4, -0.2) is 26.7 Å². The fraction of sp³-hybridized carbons (Fsp3) is 0. The van der Waals surface area contributed by atoms with Gasteiger partial charge in [0.25, 0.3) is 17.3 Å². The lowest BCUT2D eigenvalue weighted by atomic mass is 10.1. The van der Waals surface area contributed by atoms with E-state index >= 15 is 0 Å². The molecule has 1 aliphatic heterocycles. The maximum atomic E-state index is 13.2. The minimum absolute atomic E-state index is 0.0119. The Morgan fingerprint density at radius 2 is 1.56 bits per heavy atom. The number of rotatable bonds is 5. The van der Waals surface area contributed by atoms with Crippen molar-refractivity contribution < 1.29 is 19.7 Å². The van der Waals surface area contributed by atoms with Crippen molar-refractivity contribution in [3.63, 3.8) is 0 Å². The highest BCUT2D eigenvalue weighted by Gasteiger charge is 2.34. The zero-order valence-electron chi connectivity index (χ0n) is 16.3. The molecule has 1 aliphatic rings. The average Bonchev–Trinajstić information content (AvgIpc) is 3.10. The number of phenols is 1. The Morgan fingerprint density at radius 1 is 0.875 bits per heavy atom. The number of hydrogen-bond acceptors (Lipinski definition) is 7. The van der Waals surface area contributed by atoms with Crippen LogP contribution in [0.2, 0.25) is 0 Å². The minimum atomic E-state index is -0.658. The van der Waals surface area contributed by atoms with Crippen LogP contribution in [-0.2, 0) is 4.79 Å². The van der Waals surface area contributed by atoms with E-state index in [2.05, 4.69) is 4.99 Å². The number of phenolic OH excluding ortho intramolecular Hbond substituents is 1. The summed E-state index contributed by atoms with van der Waals surface area (Å²) in [5.74, 6) is -0.858. The first-order chi connectivity index (χ1) is 15.3. The van der Waals surface area contributed by atoms with Crippen molar-refractivity contribution in [3.8, 4) is 5.75 Å². The first-order valence-corrected chi connectivity index (χ1v) is 9.27. The van der Waals surface area contributed by atoms with Gasteiger partial charge in [-0.25, -0.2) is 4.99 Å². The SMILES string of the molecule is O=C1C(=Cc2cccc([N+](=O)[O-])c2)N=C(c2ccccc2)N1c1ccc([N+](=O)[O-])cc1O. The summed E-state index contributed by atoms with van der Waals surface area (Å²) in [7, 11) is 0. The van der Waals surface area contributed by atoms with Crippen molar-refractivity contribution >= 4 is 34.9 Å². The molecule has 10 heteroatoms. The van der Waals surface area contributed by atoms with E-state index < -0.39 is 21.5 Å². The lowest BCUT2D eigenvalue weighted by Gasteiger charge is -2.19. The van der Waals surface area contributed by atoms with Gasteiger partial charge in [-0.3, -0.25) is 29.9 Å². The number of nitro benzene ring substituents is 2. The number of non-ortho nitro benzene ring substituents is 2. The van der Waals surface area contributed by atoms with E-state index in [0.29, 0.717) is 11.1 Å². The molecule has 158 valence electrons. The zero-order valence-corrected chi connectivity index (χ0v) is 16.3. The lowest BCUT2D eigenvalue weighted by Crippen LogP contribution is -2.32. The van der Waals surface area contributed by atoms with Crippen molar-refractivity contribution in [2.75, 3.05) is 4.90 Å². The molecule has 3 aromatic rings. The van der Waals surface area contributed by atoms with Crippen LogP contribution in [0.5, 0.6) is 5.75 Å². The number of hydrogen-bond donors (Lipinski definition) is 1. The maximum absolute atomic E-state index is 13.2. The molecule has 0 saturated carbocycles. The van der Waals surface area contributed by atoms with E-state index in [4.69, 9.17) is 0 Å². The number of anilines is 1. The van der Waals surface area contributed by atoms with Crippen LogP contribution in [0.3, 0.4) is 0 Å². The molecule has 0 saturated heterocycles. The Morgan fingerprint density at radius 3 is 2.22 bits per heavy atom.